The van der Waals surface area contributed by atoms with Crippen LogP contribution in [0.5, 0.6) is 0 Å². The number of hydrogen-bond donors (Lipinski definition) is 2. The molecule has 132 valence electrons. The van der Waals surface area contributed by atoms with E-state index in [1.54, 1.807) is 0 Å². The van der Waals surface area contributed by atoms with Crippen molar-refractivity contribution in [2.45, 2.75) is 13.1 Å². The van der Waals surface area contributed by atoms with Crippen LogP contribution in [0.1, 0.15) is 11.1 Å². The van der Waals surface area contributed by atoms with Crippen LogP contribution in [0.2, 0.25) is 5.02 Å². The van der Waals surface area contributed by atoms with Gasteiger partial charge in [-0.25, -0.2) is 4.79 Å². The second kappa shape index (κ2) is 8.74. The van der Waals surface area contributed by atoms with E-state index < -0.39 is 0 Å². The number of urea groups is 1. The molecule has 3 rings (SSSR count). The van der Waals surface area contributed by atoms with Crippen LogP contribution in [-0.4, -0.2) is 32.3 Å². The SMILES string of the molecule is O=C(NCc1ccc(N2CCOCC2)cc1)NCc1ccccc1Cl. The largest absolute Gasteiger partial charge is 0.378 e. The number of carbonyl (C=O) groups is 1. The molecule has 1 fully saturated rings. The van der Waals surface area contributed by atoms with E-state index in [4.69, 9.17) is 16.3 Å². The summed E-state index contributed by atoms with van der Waals surface area (Å²) in [6.07, 6.45) is 0. The minimum Gasteiger partial charge on any atom is -0.378 e. The number of nitrogens with zero attached hydrogens (tertiary/aromatic N) is 1. The Balaban J connectivity index is 1.44. The first kappa shape index (κ1) is 17.6. The van der Waals surface area contributed by atoms with Crippen LogP contribution in [0, 0.1) is 0 Å². The van der Waals surface area contributed by atoms with Crippen LogP contribution in [0.4, 0.5) is 10.5 Å². The Morgan fingerprint density at radius 3 is 2.40 bits per heavy atom. The second-order valence-electron chi connectivity index (χ2n) is 5.89. The smallest absolute Gasteiger partial charge is 0.315 e. The molecule has 2 amide bonds. The number of amides is 2. The number of carbonyl (C=O) groups excluding carboxylic acids is 1. The molecular weight excluding hydrogens is 338 g/mol. The van der Waals surface area contributed by atoms with Gasteiger partial charge in [0.1, 0.15) is 0 Å². The van der Waals surface area contributed by atoms with Crippen molar-refractivity contribution in [3.05, 3.63) is 64.7 Å². The highest BCUT2D eigenvalue weighted by molar-refractivity contribution is 6.31. The van der Waals surface area contributed by atoms with E-state index in [1.807, 2.05) is 36.4 Å². The quantitative estimate of drug-likeness (QED) is 0.862. The number of benzene rings is 2. The maximum atomic E-state index is 11.9. The first-order chi connectivity index (χ1) is 12.2. The lowest BCUT2D eigenvalue weighted by Gasteiger charge is -2.28. The molecule has 25 heavy (non-hydrogen) atoms. The summed E-state index contributed by atoms with van der Waals surface area (Å²) in [5.41, 5.74) is 3.15. The summed E-state index contributed by atoms with van der Waals surface area (Å²) in [5.74, 6) is 0. The molecule has 0 aromatic heterocycles. The van der Waals surface area contributed by atoms with E-state index in [0.717, 1.165) is 37.4 Å². The molecule has 0 atom stereocenters. The van der Waals surface area contributed by atoms with Gasteiger partial charge in [0.05, 0.1) is 13.2 Å². The normalized spacial score (nSPS) is 14.2. The summed E-state index contributed by atoms with van der Waals surface area (Å²) >= 11 is 6.08. The summed E-state index contributed by atoms with van der Waals surface area (Å²) in [6, 6.07) is 15.5. The standard InChI is InChI=1S/C19H22ClN3O2/c20-18-4-2-1-3-16(18)14-22-19(24)21-13-15-5-7-17(8-6-15)23-9-11-25-12-10-23/h1-8H,9-14H2,(H2,21,22,24). The highest BCUT2D eigenvalue weighted by Crippen LogP contribution is 2.17. The van der Waals surface area contributed by atoms with Crippen LogP contribution in [0.15, 0.2) is 48.5 Å². The number of anilines is 1. The Kier molecular flexibility index (Phi) is 6.14. The van der Waals surface area contributed by atoms with Gasteiger partial charge in [-0.1, -0.05) is 41.9 Å². The third-order valence-electron chi connectivity index (χ3n) is 4.16. The van der Waals surface area contributed by atoms with Gasteiger partial charge < -0.3 is 20.3 Å². The van der Waals surface area contributed by atoms with E-state index in [9.17, 15) is 4.79 Å². The van der Waals surface area contributed by atoms with Gasteiger partial charge in [-0.2, -0.15) is 0 Å². The third kappa shape index (κ3) is 5.11. The molecule has 1 saturated heterocycles. The van der Waals surface area contributed by atoms with Crippen molar-refractivity contribution in [3.63, 3.8) is 0 Å². The lowest BCUT2D eigenvalue weighted by Crippen LogP contribution is -2.36. The Morgan fingerprint density at radius 2 is 1.68 bits per heavy atom. The summed E-state index contributed by atoms with van der Waals surface area (Å²) in [6.45, 7) is 4.27. The molecule has 0 bridgehead atoms. The molecule has 5 nitrogen and oxygen atoms in total. The first-order valence-corrected chi connectivity index (χ1v) is 8.77. The number of rotatable bonds is 5. The Labute approximate surface area is 152 Å². The lowest BCUT2D eigenvalue weighted by atomic mass is 10.2. The van der Waals surface area contributed by atoms with Gasteiger partial charge in [-0.05, 0) is 29.3 Å². The summed E-state index contributed by atoms with van der Waals surface area (Å²) < 4.78 is 5.37. The molecule has 0 spiro atoms. The van der Waals surface area contributed by atoms with Gasteiger partial charge in [0.2, 0.25) is 0 Å². The zero-order valence-electron chi connectivity index (χ0n) is 14.0. The van der Waals surface area contributed by atoms with Crippen molar-refractivity contribution in [2.75, 3.05) is 31.2 Å². The number of halogens is 1. The molecule has 2 aromatic carbocycles. The predicted molar refractivity (Wildman–Crippen MR) is 100 cm³/mol. The molecule has 1 heterocycles. The average molecular weight is 360 g/mol. The monoisotopic (exact) mass is 359 g/mol. The summed E-state index contributed by atoms with van der Waals surface area (Å²) in [4.78, 5) is 14.2. The van der Waals surface area contributed by atoms with Gasteiger partial charge in [-0.3, -0.25) is 0 Å². The maximum Gasteiger partial charge on any atom is 0.315 e. The lowest BCUT2D eigenvalue weighted by molar-refractivity contribution is 0.122. The minimum atomic E-state index is -0.211. The molecule has 0 aliphatic carbocycles. The summed E-state index contributed by atoms with van der Waals surface area (Å²) in [7, 11) is 0. The van der Waals surface area contributed by atoms with Crippen LogP contribution in [-0.2, 0) is 17.8 Å². The molecule has 1 aliphatic rings. The van der Waals surface area contributed by atoms with E-state index in [1.165, 1.54) is 5.69 Å². The number of morpholine rings is 1. The van der Waals surface area contributed by atoms with Crippen molar-refractivity contribution in [1.82, 2.24) is 10.6 Å². The van der Waals surface area contributed by atoms with Crippen molar-refractivity contribution < 1.29 is 9.53 Å². The molecule has 2 N–H and O–H groups in total. The predicted octanol–water partition coefficient (Wildman–Crippen LogP) is 3.18. The van der Waals surface area contributed by atoms with Crippen LogP contribution in [0.3, 0.4) is 0 Å². The van der Waals surface area contributed by atoms with Crippen molar-refractivity contribution in [3.8, 4) is 0 Å². The van der Waals surface area contributed by atoms with E-state index in [2.05, 4.69) is 27.7 Å². The highest BCUT2D eigenvalue weighted by Gasteiger charge is 2.10. The molecule has 2 aromatic rings. The fourth-order valence-electron chi connectivity index (χ4n) is 2.71. The van der Waals surface area contributed by atoms with Crippen molar-refractivity contribution >= 4 is 23.3 Å². The second-order valence-corrected chi connectivity index (χ2v) is 6.30. The third-order valence-corrected chi connectivity index (χ3v) is 4.53. The molecular formula is C19H22ClN3O2. The van der Waals surface area contributed by atoms with Gasteiger partial charge in [0.25, 0.3) is 0 Å². The van der Waals surface area contributed by atoms with Crippen molar-refractivity contribution in [1.29, 1.82) is 0 Å². The molecule has 6 heteroatoms. The molecule has 1 aliphatic heterocycles. The zero-order valence-corrected chi connectivity index (χ0v) is 14.8. The highest BCUT2D eigenvalue weighted by atomic mass is 35.5. The van der Waals surface area contributed by atoms with Crippen LogP contribution < -0.4 is 15.5 Å². The minimum absolute atomic E-state index is 0.211. The van der Waals surface area contributed by atoms with Gasteiger partial charge in [0.15, 0.2) is 0 Å². The van der Waals surface area contributed by atoms with Crippen LogP contribution in [0.25, 0.3) is 0 Å². The fourth-order valence-corrected chi connectivity index (χ4v) is 2.91. The Hall–Kier alpha value is -2.24. The van der Waals surface area contributed by atoms with E-state index in [-0.39, 0.29) is 6.03 Å². The fraction of sp³-hybridized carbons (Fsp3) is 0.316. The topological polar surface area (TPSA) is 53.6 Å². The zero-order chi connectivity index (χ0) is 17.5. The Morgan fingerprint density at radius 1 is 1.00 bits per heavy atom. The van der Waals surface area contributed by atoms with Gasteiger partial charge >= 0.3 is 6.03 Å². The molecule has 0 saturated carbocycles. The molecule has 0 radical (unpaired) electrons. The number of nitrogens with one attached hydrogen (secondary N) is 2. The van der Waals surface area contributed by atoms with E-state index in [0.29, 0.717) is 18.1 Å². The first-order valence-electron chi connectivity index (χ1n) is 8.39. The molecule has 0 unspecified atom stereocenters. The van der Waals surface area contributed by atoms with E-state index >= 15 is 0 Å². The number of hydrogen-bond acceptors (Lipinski definition) is 3. The maximum absolute atomic E-state index is 11.9. The summed E-state index contributed by atoms with van der Waals surface area (Å²) in [5, 5.41) is 6.33. The average Bonchev–Trinajstić information content (AvgIpc) is 2.67. The van der Waals surface area contributed by atoms with Gasteiger partial charge in [0, 0.05) is 36.9 Å². The Bertz CT molecular complexity index is 700. The van der Waals surface area contributed by atoms with Crippen molar-refractivity contribution in [2.24, 2.45) is 0 Å². The van der Waals surface area contributed by atoms with Gasteiger partial charge in [-0.15, -0.1) is 0 Å². The number of ether oxygens (including phenoxy) is 1. The van der Waals surface area contributed by atoms with Crippen LogP contribution >= 0.6 is 11.6 Å².